The summed E-state index contributed by atoms with van der Waals surface area (Å²) in [6.07, 6.45) is 3.03. The Bertz CT molecular complexity index is 852. The third-order valence-electron chi connectivity index (χ3n) is 4.38. The van der Waals surface area contributed by atoms with Crippen LogP contribution < -0.4 is 10.6 Å². The van der Waals surface area contributed by atoms with Crippen molar-refractivity contribution >= 4 is 16.9 Å². The molecule has 0 unspecified atom stereocenters. The molecule has 0 aliphatic rings. The molecule has 5 nitrogen and oxygen atoms in total. The number of ether oxygens (including phenoxy) is 1. The summed E-state index contributed by atoms with van der Waals surface area (Å²) < 4.78 is 5.14. The Balaban J connectivity index is 1.47. The molecule has 3 aromatic rings. The third kappa shape index (κ3) is 4.64. The Kier molecular flexibility index (Phi) is 6.28. The van der Waals surface area contributed by atoms with Gasteiger partial charge in [-0.25, -0.2) is 0 Å². The predicted octanol–water partition coefficient (Wildman–Crippen LogP) is 3.22. The van der Waals surface area contributed by atoms with Gasteiger partial charge in [0, 0.05) is 44.3 Å². The number of benzene rings is 2. The highest BCUT2D eigenvalue weighted by Gasteiger charge is 2.04. The van der Waals surface area contributed by atoms with Gasteiger partial charge in [0.2, 0.25) is 0 Å². The first-order valence-corrected chi connectivity index (χ1v) is 8.86. The second kappa shape index (κ2) is 9.06. The molecule has 0 saturated heterocycles. The smallest absolute Gasteiger partial charge is 0.191 e. The highest BCUT2D eigenvalue weighted by Crippen LogP contribution is 2.17. The summed E-state index contributed by atoms with van der Waals surface area (Å²) in [6.45, 7) is 2.21. The number of aliphatic imine (C=N–C) groups is 1. The number of aromatic amines is 1. The van der Waals surface area contributed by atoms with Gasteiger partial charge in [-0.15, -0.1) is 0 Å². The lowest BCUT2D eigenvalue weighted by Gasteiger charge is -2.12. The molecule has 0 atom stereocenters. The minimum atomic E-state index is 0.644. The molecule has 1 heterocycles. The average Bonchev–Trinajstić information content (AvgIpc) is 3.09. The molecule has 0 bridgehead atoms. The van der Waals surface area contributed by atoms with Crippen molar-refractivity contribution in [1.29, 1.82) is 0 Å². The van der Waals surface area contributed by atoms with Crippen LogP contribution in [0.3, 0.4) is 0 Å². The number of hydrogen-bond acceptors (Lipinski definition) is 2. The maximum atomic E-state index is 5.14. The van der Waals surface area contributed by atoms with Gasteiger partial charge in [-0.05, 0) is 29.2 Å². The number of fused-ring (bicyclic) bond motifs is 1. The number of para-hydroxylation sites is 1. The molecule has 0 saturated carbocycles. The molecular weight excluding hydrogens is 324 g/mol. The van der Waals surface area contributed by atoms with Crippen molar-refractivity contribution in [3.63, 3.8) is 0 Å². The number of H-pyrrole nitrogens is 1. The summed E-state index contributed by atoms with van der Waals surface area (Å²) in [5.41, 5.74) is 4.89. The summed E-state index contributed by atoms with van der Waals surface area (Å²) in [5, 5.41) is 8.02. The monoisotopic (exact) mass is 350 g/mol. The first-order chi connectivity index (χ1) is 12.8. The van der Waals surface area contributed by atoms with Gasteiger partial charge < -0.3 is 20.4 Å². The molecule has 0 spiro atoms. The lowest BCUT2D eigenvalue weighted by atomic mass is 10.1. The molecule has 0 radical (unpaired) electrons. The summed E-state index contributed by atoms with van der Waals surface area (Å²) in [6, 6.07) is 16.8. The van der Waals surface area contributed by atoms with Crippen LogP contribution in [0.4, 0.5) is 0 Å². The molecule has 5 heteroatoms. The largest absolute Gasteiger partial charge is 0.380 e. The summed E-state index contributed by atoms with van der Waals surface area (Å²) in [5.74, 6) is 0.811. The van der Waals surface area contributed by atoms with Crippen molar-refractivity contribution in [3.05, 3.63) is 71.4 Å². The molecule has 0 amide bonds. The van der Waals surface area contributed by atoms with E-state index >= 15 is 0 Å². The molecule has 0 aliphatic carbocycles. The van der Waals surface area contributed by atoms with Gasteiger partial charge in [0.15, 0.2) is 5.96 Å². The zero-order valence-electron chi connectivity index (χ0n) is 15.4. The van der Waals surface area contributed by atoms with Crippen LogP contribution in [0.5, 0.6) is 0 Å². The SMILES string of the molecule is CN=C(NCCc1c[nH]c2ccccc12)NCc1ccc(COC)cc1. The van der Waals surface area contributed by atoms with Crippen molar-refractivity contribution in [2.75, 3.05) is 20.7 Å². The zero-order valence-corrected chi connectivity index (χ0v) is 15.4. The highest BCUT2D eigenvalue weighted by molar-refractivity contribution is 5.83. The maximum Gasteiger partial charge on any atom is 0.191 e. The van der Waals surface area contributed by atoms with Crippen LogP contribution in [-0.4, -0.2) is 31.6 Å². The Labute approximate surface area is 154 Å². The normalized spacial score (nSPS) is 11.7. The first-order valence-electron chi connectivity index (χ1n) is 8.86. The van der Waals surface area contributed by atoms with E-state index in [1.165, 1.54) is 27.6 Å². The van der Waals surface area contributed by atoms with Gasteiger partial charge >= 0.3 is 0 Å². The highest BCUT2D eigenvalue weighted by atomic mass is 16.5. The Morgan fingerprint density at radius 3 is 2.58 bits per heavy atom. The Hall–Kier alpha value is -2.79. The molecule has 0 aliphatic heterocycles. The standard InChI is InChI=1S/C21H26N4O/c1-22-21(25-13-16-7-9-17(10-8-16)15-26-2)23-12-11-18-14-24-20-6-4-3-5-19(18)20/h3-10,14,24H,11-13,15H2,1-2H3,(H2,22,23,25). The first kappa shape index (κ1) is 18.0. The van der Waals surface area contributed by atoms with E-state index in [1.807, 2.05) is 0 Å². The van der Waals surface area contributed by atoms with Crippen LogP contribution in [0.25, 0.3) is 10.9 Å². The zero-order chi connectivity index (χ0) is 18.2. The number of guanidine groups is 1. The van der Waals surface area contributed by atoms with Crippen LogP contribution in [0.1, 0.15) is 16.7 Å². The Morgan fingerprint density at radius 1 is 1.04 bits per heavy atom. The van der Waals surface area contributed by atoms with Gasteiger partial charge in [0.05, 0.1) is 6.61 Å². The van der Waals surface area contributed by atoms with Crippen molar-refractivity contribution in [2.45, 2.75) is 19.6 Å². The molecule has 0 fully saturated rings. The quantitative estimate of drug-likeness (QED) is 0.453. The van der Waals surface area contributed by atoms with E-state index in [4.69, 9.17) is 4.74 Å². The fourth-order valence-corrected chi connectivity index (χ4v) is 2.98. The number of aromatic nitrogens is 1. The molecule has 1 aromatic heterocycles. The van der Waals surface area contributed by atoms with Crippen LogP contribution in [0.15, 0.2) is 59.7 Å². The van der Waals surface area contributed by atoms with Crippen LogP contribution in [0, 0.1) is 0 Å². The predicted molar refractivity (Wildman–Crippen MR) is 107 cm³/mol. The molecule has 136 valence electrons. The number of hydrogen-bond donors (Lipinski definition) is 3. The maximum absolute atomic E-state index is 5.14. The number of rotatable bonds is 7. The lowest BCUT2D eigenvalue weighted by Crippen LogP contribution is -2.37. The van der Waals surface area contributed by atoms with Gasteiger partial charge in [0.1, 0.15) is 0 Å². The topological polar surface area (TPSA) is 61.4 Å². The van der Waals surface area contributed by atoms with Crippen LogP contribution >= 0.6 is 0 Å². The Morgan fingerprint density at radius 2 is 1.81 bits per heavy atom. The molecule has 3 rings (SSSR count). The van der Waals surface area contributed by atoms with E-state index in [-0.39, 0.29) is 0 Å². The van der Waals surface area contributed by atoms with E-state index < -0.39 is 0 Å². The van der Waals surface area contributed by atoms with E-state index in [2.05, 4.69) is 75.3 Å². The molecular formula is C21H26N4O. The number of methoxy groups -OCH3 is 1. The van der Waals surface area contributed by atoms with Crippen molar-refractivity contribution in [2.24, 2.45) is 4.99 Å². The molecule has 26 heavy (non-hydrogen) atoms. The second-order valence-corrected chi connectivity index (χ2v) is 6.21. The van der Waals surface area contributed by atoms with Gasteiger partial charge in [0.25, 0.3) is 0 Å². The van der Waals surface area contributed by atoms with Crippen LogP contribution in [0.2, 0.25) is 0 Å². The lowest BCUT2D eigenvalue weighted by molar-refractivity contribution is 0.185. The second-order valence-electron chi connectivity index (χ2n) is 6.21. The molecule has 3 N–H and O–H groups in total. The van der Waals surface area contributed by atoms with E-state index in [1.54, 1.807) is 14.2 Å². The number of nitrogens with zero attached hydrogens (tertiary/aromatic N) is 1. The summed E-state index contributed by atoms with van der Waals surface area (Å²) in [7, 11) is 3.50. The van der Waals surface area contributed by atoms with Crippen molar-refractivity contribution in [1.82, 2.24) is 15.6 Å². The minimum Gasteiger partial charge on any atom is -0.380 e. The van der Waals surface area contributed by atoms with Gasteiger partial charge in [-0.1, -0.05) is 42.5 Å². The number of nitrogens with one attached hydrogen (secondary N) is 3. The fraction of sp³-hybridized carbons (Fsp3) is 0.286. The fourth-order valence-electron chi connectivity index (χ4n) is 2.98. The summed E-state index contributed by atoms with van der Waals surface area (Å²) in [4.78, 5) is 7.62. The van der Waals surface area contributed by atoms with Gasteiger partial charge in [-0.2, -0.15) is 0 Å². The van der Waals surface area contributed by atoms with Crippen LogP contribution in [-0.2, 0) is 24.3 Å². The van der Waals surface area contributed by atoms with Crippen molar-refractivity contribution in [3.8, 4) is 0 Å². The van der Waals surface area contributed by atoms with E-state index in [0.29, 0.717) is 6.61 Å². The van der Waals surface area contributed by atoms with Crippen molar-refractivity contribution < 1.29 is 4.74 Å². The average molecular weight is 350 g/mol. The molecule has 2 aromatic carbocycles. The summed E-state index contributed by atoms with van der Waals surface area (Å²) >= 11 is 0. The van der Waals surface area contributed by atoms with E-state index in [9.17, 15) is 0 Å². The minimum absolute atomic E-state index is 0.644. The third-order valence-corrected chi connectivity index (χ3v) is 4.38. The van der Waals surface area contributed by atoms with Gasteiger partial charge in [-0.3, -0.25) is 4.99 Å². The van der Waals surface area contributed by atoms with E-state index in [0.717, 1.165) is 25.5 Å².